The first-order valence-electron chi connectivity index (χ1n) is 5.30. The van der Waals surface area contributed by atoms with Gasteiger partial charge in [-0.1, -0.05) is 0 Å². The average Bonchev–Trinajstić information content (AvgIpc) is 2.92. The van der Waals surface area contributed by atoms with Crippen LogP contribution in [0.25, 0.3) is 0 Å². The van der Waals surface area contributed by atoms with Crippen LogP contribution in [0.4, 0.5) is 5.82 Å². The van der Waals surface area contributed by atoms with E-state index in [0.717, 1.165) is 0 Å². The lowest BCUT2D eigenvalue weighted by molar-refractivity contribution is 0.107. The Labute approximate surface area is 89.5 Å². The summed E-state index contributed by atoms with van der Waals surface area (Å²) >= 11 is 0. The van der Waals surface area contributed by atoms with Gasteiger partial charge in [0, 0.05) is 18.8 Å². The normalized spacial score (nSPS) is 18.3. The van der Waals surface area contributed by atoms with E-state index in [1.165, 1.54) is 12.8 Å². The number of nitrogen functional groups attached to an aromatic ring is 1. The quantitative estimate of drug-likeness (QED) is 0.713. The molecule has 5 nitrogen and oxygen atoms in total. The van der Waals surface area contributed by atoms with Crippen molar-refractivity contribution < 1.29 is 5.11 Å². The van der Waals surface area contributed by atoms with E-state index in [1.54, 1.807) is 12.5 Å². The van der Waals surface area contributed by atoms with Crippen LogP contribution < -0.4 is 5.73 Å². The molecule has 1 aliphatic carbocycles. The molecular weight excluding hydrogens is 192 g/mol. The van der Waals surface area contributed by atoms with Gasteiger partial charge < -0.3 is 20.3 Å². The molecule has 5 heteroatoms. The lowest BCUT2D eigenvalue weighted by atomic mass is 10.3. The zero-order valence-corrected chi connectivity index (χ0v) is 9.00. The lowest BCUT2D eigenvalue weighted by Gasteiger charge is -2.20. The highest BCUT2D eigenvalue weighted by molar-refractivity contribution is 5.22. The standard InChI is InChI=1S/C10H18N4O/c1-13(8-2-3-8)4-9(15)5-14-6-10(11)12-7-14/h6-9,15H,2-5,11H2,1H3. The Morgan fingerprint density at radius 1 is 1.73 bits per heavy atom. The molecule has 3 N–H and O–H groups in total. The number of aliphatic hydroxyl groups is 1. The van der Waals surface area contributed by atoms with Crippen molar-refractivity contribution in [2.24, 2.45) is 0 Å². The molecule has 1 aromatic heterocycles. The minimum absolute atomic E-state index is 0.357. The summed E-state index contributed by atoms with van der Waals surface area (Å²) < 4.78 is 1.82. The molecule has 0 bridgehead atoms. The molecule has 1 saturated carbocycles. The van der Waals surface area contributed by atoms with Gasteiger partial charge in [-0.05, 0) is 19.9 Å². The van der Waals surface area contributed by atoms with Crippen molar-refractivity contribution >= 4 is 5.82 Å². The molecule has 0 radical (unpaired) electrons. The smallest absolute Gasteiger partial charge is 0.141 e. The van der Waals surface area contributed by atoms with E-state index in [-0.39, 0.29) is 6.10 Å². The van der Waals surface area contributed by atoms with Gasteiger partial charge in [0.1, 0.15) is 5.82 Å². The van der Waals surface area contributed by atoms with Crippen molar-refractivity contribution in [2.75, 3.05) is 19.3 Å². The predicted molar refractivity (Wildman–Crippen MR) is 58.3 cm³/mol. The largest absolute Gasteiger partial charge is 0.390 e. The van der Waals surface area contributed by atoms with Gasteiger partial charge in [0.2, 0.25) is 0 Å². The van der Waals surface area contributed by atoms with Crippen LogP contribution in [0.1, 0.15) is 12.8 Å². The van der Waals surface area contributed by atoms with E-state index in [9.17, 15) is 5.11 Å². The van der Waals surface area contributed by atoms with Gasteiger partial charge in [0.05, 0.1) is 19.0 Å². The van der Waals surface area contributed by atoms with Crippen LogP contribution in [0.3, 0.4) is 0 Å². The van der Waals surface area contributed by atoms with E-state index in [0.29, 0.717) is 24.9 Å². The first kappa shape index (κ1) is 10.4. The summed E-state index contributed by atoms with van der Waals surface area (Å²) in [5.41, 5.74) is 5.49. The Kier molecular flexibility index (Phi) is 2.93. The van der Waals surface area contributed by atoms with Crippen LogP contribution in [0.2, 0.25) is 0 Å². The molecule has 15 heavy (non-hydrogen) atoms. The fraction of sp³-hybridized carbons (Fsp3) is 0.700. The maximum Gasteiger partial charge on any atom is 0.141 e. The molecule has 1 fully saturated rings. The molecule has 1 heterocycles. The van der Waals surface area contributed by atoms with Crippen LogP contribution >= 0.6 is 0 Å². The number of aromatic nitrogens is 2. The highest BCUT2D eigenvalue weighted by Gasteiger charge is 2.27. The summed E-state index contributed by atoms with van der Waals surface area (Å²) in [6.07, 6.45) is 5.56. The Balaban J connectivity index is 1.78. The number of anilines is 1. The molecule has 1 aromatic rings. The first-order valence-corrected chi connectivity index (χ1v) is 5.30. The van der Waals surface area contributed by atoms with Gasteiger partial charge in [0.15, 0.2) is 0 Å². The third-order valence-electron chi connectivity index (χ3n) is 2.74. The number of nitrogens with two attached hydrogens (primary N) is 1. The van der Waals surface area contributed by atoms with Crippen LogP contribution in [0, 0.1) is 0 Å². The minimum Gasteiger partial charge on any atom is -0.390 e. The van der Waals surface area contributed by atoms with Gasteiger partial charge in [-0.15, -0.1) is 0 Å². The van der Waals surface area contributed by atoms with E-state index >= 15 is 0 Å². The number of hydrogen-bond donors (Lipinski definition) is 2. The second-order valence-corrected chi connectivity index (χ2v) is 4.32. The number of imidazole rings is 1. The third kappa shape index (κ3) is 2.94. The first-order chi connectivity index (χ1) is 7.15. The molecule has 2 rings (SSSR count). The van der Waals surface area contributed by atoms with Gasteiger partial charge >= 0.3 is 0 Å². The lowest BCUT2D eigenvalue weighted by Crippen LogP contribution is -2.33. The number of likely N-dealkylation sites (N-methyl/N-ethyl adjacent to an activating group) is 1. The fourth-order valence-electron chi connectivity index (χ4n) is 1.78. The molecule has 0 saturated heterocycles. The highest BCUT2D eigenvalue weighted by Crippen LogP contribution is 2.25. The van der Waals surface area contributed by atoms with Crippen LogP contribution in [-0.2, 0) is 6.54 Å². The summed E-state index contributed by atoms with van der Waals surface area (Å²) in [6, 6.07) is 0.688. The van der Waals surface area contributed by atoms with Gasteiger partial charge in [-0.25, -0.2) is 4.98 Å². The number of nitrogens with zero attached hydrogens (tertiary/aromatic N) is 3. The van der Waals surface area contributed by atoms with Crippen molar-refractivity contribution in [1.29, 1.82) is 0 Å². The monoisotopic (exact) mass is 210 g/mol. The SMILES string of the molecule is CN(CC(O)Cn1cnc(N)c1)C1CC1. The second kappa shape index (κ2) is 4.20. The van der Waals surface area contributed by atoms with Crippen LogP contribution in [-0.4, -0.2) is 45.3 Å². The summed E-state index contributed by atoms with van der Waals surface area (Å²) in [6.45, 7) is 1.27. The van der Waals surface area contributed by atoms with E-state index < -0.39 is 0 Å². The Morgan fingerprint density at radius 3 is 3.00 bits per heavy atom. The summed E-state index contributed by atoms with van der Waals surface area (Å²) in [4.78, 5) is 6.13. The van der Waals surface area contributed by atoms with E-state index in [1.807, 2.05) is 4.57 Å². The molecule has 1 unspecified atom stereocenters. The maximum atomic E-state index is 9.83. The second-order valence-electron chi connectivity index (χ2n) is 4.32. The molecular formula is C10H18N4O. The Hall–Kier alpha value is -1.07. The van der Waals surface area contributed by atoms with Crippen LogP contribution in [0.5, 0.6) is 0 Å². The molecule has 0 amide bonds. The average molecular weight is 210 g/mol. The van der Waals surface area contributed by atoms with E-state index in [4.69, 9.17) is 5.73 Å². The maximum absolute atomic E-state index is 9.83. The number of hydrogen-bond acceptors (Lipinski definition) is 4. The van der Waals surface area contributed by atoms with Crippen molar-refractivity contribution in [1.82, 2.24) is 14.5 Å². The summed E-state index contributed by atoms with van der Waals surface area (Å²) in [5, 5.41) is 9.83. The third-order valence-corrected chi connectivity index (χ3v) is 2.74. The van der Waals surface area contributed by atoms with Crippen molar-refractivity contribution in [2.45, 2.75) is 31.5 Å². The summed E-state index contributed by atoms with van der Waals surface area (Å²) in [5.74, 6) is 0.498. The van der Waals surface area contributed by atoms with Crippen molar-refractivity contribution in [3.8, 4) is 0 Å². The molecule has 1 aliphatic rings. The molecule has 0 aliphatic heterocycles. The van der Waals surface area contributed by atoms with Crippen molar-refractivity contribution in [3.63, 3.8) is 0 Å². The zero-order valence-electron chi connectivity index (χ0n) is 9.00. The molecule has 1 atom stereocenters. The van der Waals surface area contributed by atoms with Crippen LogP contribution in [0.15, 0.2) is 12.5 Å². The molecule has 0 aromatic carbocycles. The Morgan fingerprint density at radius 2 is 2.47 bits per heavy atom. The van der Waals surface area contributed by atoms with Gasteiger partial charge in [0.25, 0.3) is 0 Å². The topological polar surface area (TPSA) is 67.3 Å². The fourth-order valence-corrected chi connectivity index (χ4v) is 1.78. The minimum atomic E-state index is -0.357. The van der Waals surface area contributed by atoms with E-state index in [2.05, 4.69) is 16.9 Å². The zero-order chi connectivity index (χ0) is 10.8. The molecule has 84 valence electrons. The highest BCUT2D eigenvalue weighted by atomic mass is 16.3. The Bertz CT molecular complexity index is 321. The van der Waals surface area contributed by atoms with Gasteiger partial charge in [-0.2, -0.15) is 0 Å². The van der Waals surface area contributed by atoms with Crippen molar-refractivity contribution in [3.05, 3.63) is 12.5 Å². The van der Waals surface area contributed by atoms with Gasteiger partial charge in [-0.3, -0.25) is 0 Å². The summed E-state index contributed by atoms with van der Waals surface area (Å²) in [7, 11) is 2.06. The predicted octanol–water partition coefficient (Wildman–Crippen LogP) is -0.0796. The number of rotatable bonds is 5. The molecule has 0 spiro atoms. The number of aliphatic hydroxyl groups excluding tert-OH is 1.